The van der Waals surface area contributed by atoms with Crippen LogP contribution in [0.4, 0.5) is 4.79 Å². The van der Waals surface area contributed by atoms with Crippen LogP contribution >= 0.6 is 0 Å². The van der Waals surface area contributed by atoms with Gasteiger partial charge in [-0.05, 0) is 59.7 Å². The summed E-state index contributed by atoms with van der Waals surface area (Å²) < 4.78 is 15.9. The van der Waals surface area contributed by atoms with Crippen molar-refractivity contribution in [3.05, 3.63) is 23.8 Å². The molecule has 140 valence electrons. The van der Waals surface area contributed by atoms with E-state index in [2.05, 4.69) is 5.32 Å². The Bertz CT molecular complexity index is 618. The number of carbonyl (C=O) groups excluding carboxylic acids is 2. The van der Waals surface area contributed by atoms with E-state index in [-0.39, 0.29) is 18.9 Å². The third kappa shape index (κ3) is 6.91. The van der Waals surface area contributed by atoms with Crippen molar-refractivity contribution in [3.8, 4) is 11.5 Å². The number of amides is 1. The zero-order chi connectivity index (χ0) is 19.3. The second-order valence-electron chi connectivity index (χ2n) is 6.98. The van der Waals surface area contributed by atoms with Gasteiger partial charge in [0, 0.05) is 12.1 Å². The van der Waals surface area contributed by atoms with Crippen molar-refractivity contribution in [3.63, 3.8) is 0 Å². The Morgan fingerprint density at radius 1 is 1.16 bits per heavy atom. The van der Waals surface area contributed by atoms with Gasteiger partial charge in [0.15, 0.2) is 5.60 Å². The molecule has 0 saturated carbocycles. The van der Waals surface area contributed by atoms with Gasteiger partial charge in [0.1, 0.15) is 17.1 Å². The fraction of sp³-hybridized carbons (Fsp3) is 0.556. The predicted octanol–water partition coefficient (Wildman–Crippen LogP) is 3.14. The lowest BCUT2D eigenvalue weighted by atomic mass is 10.1. The highest BCUT2D eigenvalue weighted by atomic mass is 16.6. The van der Waals surface area contributed by atoms with Crippen LogP contribution in [0.2, 0.25) is 0 Å². The van der Waals surface area contributed by atoms with Gasteiger partial charge in [-0.25, -0.2) is 9.59 Å². The Labute approximate surface area is 148 Å². The van der Waals surface area contributed by atoms with Crippen LogP contribution in [0.15, 0.2) is 18.2 Å². The van der Waals surface area contributed by atoms with Gasteiger partial charge < -0.3 is 24.6 Å². The lowest BCUT2D eigenvalue weighted by molar-refractivity contribution is -0.158. The molecule has 0 saturated heterocycles. The third-order valence-electron chi connectivity index (χ3n) is 3.00. The monoisotopic (exact) mass is 353 g/mol. The highest BCUT2D eigenvalue weighted by Gasteiger charge is 2.32. The highest BCUT2D eigenvalue weighted by Crippen LogP contribution is 2.27. The lowest BCUT2D eigenvalue weighted by Crippen LogP contribution is -2.40. The minimum atomic E-state index is -1.21. The van der Waals surface area contributed by atoms with E-state index in [1.165, 1.54) is 18.2 Å². The molecule has 1 rings (SSSR count). The summed E-state index contributed by atoms with van der Waals surface area (Å²) in [7, 11) is 0. The van der Waals surface area contributed by atoms with Crippen LogP contribution in [0.1, 0.15) is 47.1 Å². The summed E-state index contributed by atoms with van der Waals surface area (Å²) in [5.74, 6) is -0.136. The molecule has 0 heterocycles. The molecule has 0 bridgehead atoms. The first-order valence-electron chi connectivity index (χ1n) is 8.09. The van der Waals surface area contributed by atoms with Gasteiger partial charge in [0.2, 0.25) is 0 Å². The second-order valence-corrected chi connectivity index (χ2v) is 6.98. The van der Waals surface area contributed by atoms with Gasteiger partial charge in [-0.2, -0.15) is 0 Å². The number of esters is 1. The molecular formula is C18H27NO6. The van der Waals surface area contributed by atoms with Crippen LogP contribution in [-0.4, -0.2) is 35.0 Å². The van der Waals surface area contributed by atoms with Gasteiger partial charge in [-0.3, -0.25) is 0 Å². The number of rotatable bonds is 6. The van der Waals surface area contributed by atoms with Crippen LogP contribution in [0, 0.1) is 0 Å². The first-order valence-corrected chi connectivity index (χ1v) is 8.09. The van der Waals surface area contributed by atoms with Gasteiger partial charge in [0.25, 0.3) is 0 Å². The number of benzene rings is 1. The molecule has 0 aliphatic carbocycles. The maximum Gasteiger partial charge on any atom is 0.407 e. The van der Waals surface area contributed by atoms with Crippen molar-refractivity contribution in [2.75, 3.05) is 6.61 Å². The number of ether oxygens (including phenoxy) is 3. The SMILES string of the molecule is CCOC(=O)C(C)(C)Oc1ccc(O)cc1CNC(=O)OC(C)(C)C. The molecule has 25 heavy (non-hydrogen) atoms. The minimum Gasteiger partial charge on any atom is -0.508 e. The molecule has 2 N–H and O–H groups in total. The lowest BCUT2D eigenvalue weighted by Gasteiger charge is -2.26. The Morgan fingerprint density at radius 2 is 1.80 bits per heavy atom. The van der Waals surface area contributed by atoms with Crippen LogP contribution < -0.4 is 10.1 Å². The molecule has 0 unspecified atom stereocenters. The molecule has 0 radical (unpaired) electrons. The number of hydrogen-bond acceptors (Lipinski definition) is 6. The number of carbonyl (C=O) groups is 2. The van der Waals surface area contributed by atoms with Gasteiger partial charge >= 0.3 is 12.1 Å². The fourth-order valence-corrected chi connectivity index (χ4v) is 1.91. The van der Waals surface area contributed by atoms with Gasteiger partial charge in [0.05, 0.1) is 6.61 Å². The normalized spacial score (nSPS) is 11.6. The third-order valence-corrected chi connectivity index (χ3v) is 3.00. The summed E-state index contributed by atoms with van der Waals surface area (Å²) in [6, 6.07) is 4.42. The Hall–Kier alpha value is -2.44. The number of phenols is 1. The fourth-order valence-electron chi connectivity index (χ4n) is 1.91. The van der Waals surface area contributed by atoms with Crippen LogP contribution in [-0.2, 0) is 20.8 Å². The molecule has 1 aromatic carbocycles. The first kappa shape index (κ1) is 20.6. The molecular weight excluding hydrogens is 326 g/mol. The Balaban J connectivity index is 2.89. The largest absolute Gasteiger partial charge is 0.508 e. The van der Waals surface area contributed by atoms with E-state index in [0.717, 1.165) is 0 Å². The van der Waals surface area contributed by atoms with E-state index in [0.29, 0.717) is 11.3 Å². The molecule has 0 aromatic heterocycles. The minimum absolute atomic E-state index is 0.0160. The number of aromatic hydroxyl groups is 1. The molecule has 1 amide bonds. The van der Waals surface area contributed by atoms with Crippen molar-refractivity contribution < 1.29 is 28.9 Å². The van der Waals surface area contributed by atoms with Gasteiger partial charge in [-0.15, -0.1) is 0 Å². The van der Waals surface area contributed by atoms with E-state index in [1.54, 1.807) is 41.5 Å². The molecule has 0 spiro atoms. The topological polar surface area (TPSA) is 94.1 Å². The summed E-state index contributed by atoms with van der Waals surface area (Å²) in [6.45, 7) is 10.5. The molecule has 1 aromatic rings. The van der Waals surface area contributed by atoms with Crippen LogP contribution in [0.3, 0.4) is 0 Å². The van der Waals surface area contributed by atoms with Crippen molar-refractivity contribution in [2.45, 2.75) is 59.3 Å². The van der Waals surface area contributed by atoms with Crippen molar-refractivity contribution in [1.29, 1.82) is 0 Å². The van der Waals surface area contributed by atoms with E-state index in [1.807, 2.05) is 0 Å². The van der Waals surface area contributed by atoms with E-state index in [9.17, 15) is 14.7 Å². The summed E-state index contributed by atoms with van der Waals surface area (Å²) in [5.41, 5.74) is -1.33. The zero-order valence-electron chi connectivity index (χ0n) is 15.6. The van der Waals surface area contributed by atoms with E-state index < -0.39 is 23.3 Å². The highest BCUT2D eigenvalue weighted by molar-refractivity contribution is 5.79. The summed E-state index contributed by atoms with van der Waals surface area (Å²) in [4.78, 5) is 23.8. The van der Waals surface area contributed by atoms with Crippen molar-refractivity contribution >= 4 is 12.1 Å². The second kappa shape index (κ2) is 8.09. The summed E-state index contributed by atoms with van der Waals surface area (Å²) in [5, 5.41) is 12.3. The number of alkyl carbamates (subject to hydrolysis) is 1. The number of hydrogen-bond donors (Lipinski definition) is 2. The Kier molecular flexibility index (Phi) is 6.67. The molecule has 0 fully saturated rings. The molecule has 7 heteroatoms. The molecule has 7 nitrogen and oxygen atoms in total. The van der Waals surface area contributed by atoms with Crippen molar-refractivity contribution in [1.82, 2.24) is 5.32 Å². The maximum absolute atomic E-state index is 12.0. The maximum atomic E-state index is 12.0. The average Bonchev–Trinajstić information content (AvgIpc) is 2.45. The van der Waals surface area contributed by atoms with Crippen LogP contribution in [0.5, 0.6) is 11.5 Å². The van der Waals surface area contributed by atoms with E-state index in [4.69, 9.17) is 14.2 Å². The smallest absolute Gasteiger partial charge is 0.407 e. The standard InChI is InChI=1S/C18H27NO6/c1-7-23-15(21)18(5,6)24-14-9-8-13(20)10-12(14)11-19-16(22)25-17(2,3)4/h8-10,20H,7,11H2,1-6H3,(H,19,22). The molecule has 0 aliphatic heterocycles. The molecule has 0 atom stereocenters. The summed E-state index contributed by atoms with van der Waals surface area (Å²) >= 11 is 0. The summed E-state index contributed by atoms with van der Waals surface area (Å²) in [6.07, 6.45) is -0.591. The zero-order valence-corrected chi connectivity index (χ0v) is 15.6. The van der Waals surface area contributed by atoms with E-state index >= 15 is 0 Å². The van der Waals surface area contributed by atoms with Crippen molar-refractivity contribution in [2.24, 2.45) is 0 Å². The van der Waals surface area contributed by atoms with Gasteiger partial charge in [-0.1, -0.05) is 0 Å². The van der Waals surface area contributed by atoms with Crippen LogP contribution in [0.25, 0.3) is 0 Å². The predicted molar refractivity (Wildman–Crippen MR) is 92.5 cm³/mol. The average molecular weight is 353 g/mol. The Morgan fingerprint density at radius 3 is 2.36 bits per heavy atom. The molecule has 0 aliphatic rings. The number of phenolic OH excluding ortho intramolecular Hbond substituents is 1. The first-order chi connectivity index (χ1) is 11.4. The number of nitrogens with one attached hydrogen (secondary N) is 1. The quantitative estimate of drug-likeness (QED) is 0.763.